The summed E-state index contributed by atoms with van der Waals surface area (Å²) in [6, 6.07) is 2.28. The highest BCUT2D eigenvalue weighted by Crippen LogP contribution is 2.31. The van der Waals surface area contributed by atoms with Crippen molar-refractivity contribution in [3.05, 3.63) is 17.8 Å². The topological polar surface area (TPSA) is 80.0 Å². The summed E-state index contributed by atoms with van der Waals surface area (Å²) in [5.41, 5.74) is -0.589. The normalized spacial score (nSPS) is 11.9. The van der Waals surface area contributed by atoms with Crippen LogP contribution in [0.2, 0.25) is 0 Å². The predicted octanol–water partition coefficient (Wildman–Crippen LogP) is 1.78. The minimum atomic E-state index is -5.14. The highest BCUT2D eigenvalue weighted by atomic mass is 35.7. The number of hydrogen-bond acceptors (Lipinski definition) is 5. The van der Waals surface area contributed by atoms with E-state index in [0.29, 0.717) is 0 Å². The van der Waals surface area contributed by atoms with Gasteiger partial charge in [0.1, 0.15) is 6.07 Å². The number of nitriles is 1. The van der Waals surface area contributed by atoms with Crippen molar-refractivity contribution in [1.29, 1.82) is 5.26 Å². The van der Waals surface area contributed by atoms with Crippen molar-refractivity contribution in [2.75, 3.05) is 0 Å². The molecule has 0 aliphatic carbocycles. The summed E-state index contributed by atoms with van der Waals surface area (Å²) in [5.74, 6) is -1.29. The fourth-order valence-corrected chi connectivity index (χ4v) is 2.06. The smallest absolute Gasteiger partial charge is 0.386 e. The zero-order chi connectivity index (χ0) is 13.3. The van der Waals surface area contributed by atoms with Crippen molar-refractivity contribution < 1.29 is 26.3 Å². The van der Waals surface area contributed by atoms with Gasteiger partial charge < -0.3 is 4.74 Å². The molecule has 0 N–H and O–H groups in total. The van der Waals surface area contributed by atoms with Gasteiger partial charge in [-0.1, -0.05) is 0 Å². The molecule has 0 aliphatic rings. The first-order valence-corrected chi connectivity index (χ1v) is 6.05. The molecule has 0 amide bonds. The second kappa shape index (κ2) is 4.38. The number of alkyl halides is 3. The maximum Gasteiger partial charge on any atom is 0.574 e. The van der Waals surface area contributed by atoms with Gasteiger partial charge in [0.25, 0.3) is 9.05 Å². The maximum atomic E-state index is 12.0. The van der Waals surface area contributed by atoms with E-state index in [4.69, 9.17) is 15.9 Å². The molecule has 1 aromatic heterocycles. The lowest BCUT2D eigenvalue weighted by Crippen LogP contribution is -2.19. The average Bonchev–Trinajstić information content (AvgIpc) is 2.12. The number of hydrogen-bond donors (Lipinski definition) is 0. The Morgan fingerprint density at radius 3 is 2.47 bits per heavy atom. The van der Waals surface area contributed by atoms with Crippen LogP contribution in [0.1, 0.15) is 5.56 Å². The third kappa shape index (κ3) is 3.47. The zero-order valence-electron chi connectivity index (χ0n) is 7.69. The van der Waals surface area contributed by atoms with Gasteiger partial charge in [-0.2, -0.15) is 5.26 Å². The van der Waals surface area contributed by atoms with Crippen LogP contribution in [0.4, 0.5) is 13.2 Å². The van der Waals surface area contributed by atoms with Crippen molar-refractivity contribution in [3.8, 4) is 11.9 Å². The molecule has 0 atom stereocenters. The summed E-state index contributed by atoms with van der Waals surface area (Å²) in [5, 5.41) is 8.57. The van der Waals surface area contributed by atoms with E-state index in [1.807, 2.05) is 0 Å². The third-order valence-electron chi connectivity index (χ3n) is 1.45. The number of rotatable bonds is 2. The van der Waals surface area contributed by atoms with E-state index in [1.165, 1.54) is 6.07 Å². The minimum absolute atomic E-state index is 0.589. The summed E-state index contributed by atoms with van der Waals surface area (Å²) in [6.07, 6.45) is -4.34. The number of aromatic nitrogens is 1. The highest BCUT2D eigenvalue weighted by molar-refractivity contribution is 8.13. The van der Waals surface area contributed by atoms with Crippen LogP contribution >= 0.6 is 10.7 Å². The Morgan fingerprint density at radius 1 is 1.47 bits per heavy atom. The zero-order valence-corrected chi connectivity index (χ0v) is 9.27. The number of nitrogens with zero attached hydrogens (tertiary/aromatic N) is 2. The number of ether oxygens (including phenoxy) is 1. The van der Waals surface area contributed by atoms with E-state index < -0.39 is 31.8 Å². The molecule has 0 unspecified atom stereocenters. The SMILES string of the molecule is N#Cc1ccnc(OC(F)(F)F)c1S(=O)(=O)Cl. The van der Waals surface area contributed by atoms with E-state index in [1.54, 1.807) is 0 Å². The first-order chi connectivity index (χ1) is 7.65. The monoisotopic (exact) mass is 286 g/mol. The molecule has 1 heterocycles. The van der Waals surface area contributed by atoms with Gasteiger partial charge in [-0.25, -0.2) is 13.4 Å². The van der Waals surface area contributed by atoms with Crippen LogP contribution in [0, 0.1) is 11.3 Å². The third-order valence-corrected chi connectivity index (χ3v) is 2.79. The second-order valence-corrected chi connectivity index (χ2v) is 5.09. The van der Waals surface area contributed by atoms with Crippen LogP contribution in [-0.2, 0) is 9.05 Å². The Bertz CT molecular complexity index is 579. The molecule has 0 spiro atoms. The van der Waals surface area contributed by atoms with Crippen LogP contribution in [0.15, 0.2) is 17.2 Å². The first-order valence-electron chi connectivity index (χ1n) is 3.74. The Hall–Kier alpha value is -1.53. The average molecular weight is 287 g/mol. The van der Waals surface area contributed by atoms with Gasteiger partial charge in [-0.05, 0) is 6.07 Å². The van der Waals surface area contributed by atoms with Gasteiger partial charge in [0, 0.05) is 16.9 Å². The van der Waals surface area contributed by atoms with Crippen LogP contribution in [-0.4, -0.2) is 19.8 Å². The van der Waals surface area contributed by atoms with Gasteiger partial charge >= 0.3 is 6.36 Å². The van der Waals surface area contributed by atoms with Crippen molar-refractivity contribution in [1.82, 2.24) is 4.98 Å². The maximum absolute atomic E-state index is 12.0. The molecule has 1 aromatic rings. The van der Waals surface area contributed by atoms with E-state index in [0.717, 1.165) is 12.3 Å². The van der Waals surface area contributed by atoms with Crippen molar-refractivity contribution >= 4 is 19.7 Å². The van der Waals surface area contributed by atoms with Crippen LogP contribution < -0.4 is 4.74 Å². The Kier molecular flexibility index (Phi) is 3.49. The summed E-state index contributed by atoms with van der Waals surface area (Å²) in [7, 11) is 0.324. The Balaban J connectivity index is 3.48. The molecule has 0 fully saturated rings. The summed E-state index contributed by atoms with van der Waals surface area (Å²) >= 11 is 0. The lowest BCUT2D eigenvalue weighted by molar-refractivity contribution is -0.277. The quantitative estimate of drug-likeness (QED) is 0.774. The van der Waals surface area contributed by atoms with Gasteiger partial charge in [0.15, 0.2) is 4.90 Å². The molecule has 17 heavy (non-hydrogen) atoms. The number of pyridine rings is 1. The molecule has 1 rings (SSSR count). The van der Waals surface area contributed by atoms with Gasteiger partial charge in [0.2, 0.25) is 5.88 Å². The molecule has 10 heteroatoms. The molecule has 0 saturated heterocycles. The summed E-state index contributed by atoms with van der Waals surface area (Å²) < 4.78 is 61.4. The van der Waals surface area contributed by atoms with Gasteiger partial charge in [0.05, 0.1) is 5.56 Å². The molecular weight excluding hydrogens is 285 g/mol. The molecule has 0 bridgehead atoms. The first kappa shape index (κ1) is 13.5. The largest absolute Gasteiger partial charge is 0.574 e. The molecule has 5 nitrogen and oxygen atoms in total. The van der Waals surface area contributed by atoms with Gasteiger partial charge in [-0.15, -0.1) is 13.2 Å². The van der Waals surface area contributed by atoms with Crippen molar-refractivity contribution in [2.45, 2.75) is 11.3 Å². The van der Waals surface area contributed by atoms with Crippen molar-refractivity contribution in [3.63, 3.8) is 0 Å². The molecule has 0 aliphatic heterocycles. The molecule has 92 valence electrons. The van der Waals surface area contributed by atoms with Crippen LogP contribution in [0.3, 0.4) is 0 Å². The molecule has 0 aromatic carbocycles. The molecular formula is C7H2ClF3N2O3S. The molecule has 0 saturated carbocycles. The van der Waals surface area contributed by atoms with E-state index in [9.17, 15) is 21.6 Å². The Morgan fingerprint density at radius 2 is 2.06 bits per heavy atom. The molecule has 0 radical (unpaired) electrons. The lowest BCUT2D eigenvalue weighted by atomic mass is 10.3. The van der Waals surface area contributed by atoms with Crippen molar-refractivity contribution in [2.24, 2.45) is 0 Å². The number of halogens is 4. The van der Waals surface area contributed by atoms with Crippen LogP contribution in [0.25, 0.3) is 0 Å². The second-order valence-electron chi connectivity index (χ2n) is 2.59. The fraction of sp³-hybridized carbons (Fsp3) is 0.143. The summed E-state index contributed by atoms with van der Waals surface area (Å²) in [6.45, 7) is 0. The van der Waals surface area contributed by atoms with Crippen LogP contribution in [0.5, 0.6) is 5.88 Å². The standard InChI is InChI=1S/C7H2ClF3N2O3S/c8-17(14,15)5-4(3-12)1-2-13-6(5)16-7(9,10)11/h1-2H. The van der Waals surface area contributed by atoms with Gasteiger partial charge in [-0.3, -0.25) is 0 Å². The Labute approximate surface area is 97.8 Å². The summed E-state index contributed by atoms with van der Waals surface area (Å²) in [4.78, 5) is 1.97. The van der Waals surface area contributed by atoms with E-state index in [2.05, 4.69) is 9.72 Å². The highest BCUT2D eigenvalue weighted by Gasteiger charge is 2.35. The predicted molar refractivity (Wildman–Crippen MR) is 48.7 cm³/mol. The van der Waals surface area contributed by atoms with E-state index in [-0.39, 0.29) is 0 Å². The van der Waals surface area contributed by atoms with E-state index >= 15 is 0 Å². The minimum Gasteiger partial charge on any atom is -0.386 e. The lowest BCUT2D eigenvalue weighted by Gasteiger charge is -2.10. The fourth-order valence-electron chi connectivity index (χ4n) is 0.935.